The molecule has 17 heavy (non-hydrogen) atoms. The first kappa shape index (κ1) is 12.6. The number of aryl methyl sites for hydroxylation is 1. The number of hydrogen-bond acceptors (Lipinski definition) is 2. The summed E-state index contributed by atoms with van der Waals surface area (Å²) in [6.07, 6.45) is 0. The maximum Gasteiger partial charge on any atom is 0.146 e. The lowest BCUT2D eigenvalue weighted by Crippen LogP contribution is -2.18. The molecule has 0 spiro atoms. The lowest BCUT2D eigenvalue weighted by molar-refractivity contribution is 0.579. The molecule has 1 unspecified atom stereocenters. The molecule has 1 heterocycles. The molecule has 4 heteroatoms. The number of nitrogens with one attached hydrogen (secondary N) is 1. The average molecular weight is 270 g/mol. The highest BCUT2D eigenvalue weighted by atomic mass is 35.5. The molecule has 1 N–H and O–H groups in total. The zero-order chi connectivity index (χ0) is 12.4. The van der Waals surface area contributed by atoms with Gasteiger partial charge in [0, 0.05) is 10.4 Å². The summed E-state index contributed by atoms with van der Waals surface area (Å²) in [5.74, 6) is -0.346. The van der Waals surface area contributed by atoms with Gasteiger partial charge in [0.2, 0.25) is 0 Å². The van der Waals surface area contributed by atoms with Crippen molar-refractivity contribution in [2.24, 2.45) is 0 Å². The molecule has 0 radical (unpaired) electrons. The van der Waals surface area contributed by atoms with Crippen molar-refractivity contribution in [2.45, 2.75) is 13.0 Å². The van der Waals surface area contributed by atoms with E-state index in [1.54, 1.807) is 29.5 Å². The van der Waals surface area contributed by atoms with Gasteiger partial charge in [-0.2, -0.15) is 0 Å². The highest BCUT2D eigenvalue weighted by Crippen LogP contribution is 2.32. The quantitative estimate of drug-likeness (QED) is 0.882. The van der Waals surface area contributed by atoms with Gasteiger partial charge in [0.1, 0.15) is 5.82 Å². The number of thiophene rings is 1. The standard InChI is InChI=1S/C13H13ClFNS/c1-8-6-7-17-13(8)12(16-2)9-4-3-5-10(14)11(9)15/h3-7,12,16H,1-2H3. The summed E-state index contributed by atoms with van der Waals surface area (Å²) in [4.78, 5) is 1.12. The first-order valence-corrected chi connectivity index (χ1v) is 6.56. The third-order valence-electron chi connectivity index (χ3n) is 2.75. The van der Waals surface area contributed by atoms with Gasteiger partial charge in [-0.15, -0.1) is 11.3 Å². The van der Waals surface area contributed by atoms with E-state index in [1.807, 2.05) is 25.4 Å². The predicted octanol–water partition coefficient (Wildman–Crippen LogP) is 4.16. The second kappa shape index (κ2) is 5.17. The van der Waals surface area contributed by atoms with Crippen LogP contribution in [0.25, 0.3) is 0 Å². The van der Waals surface area contributed by atoms with E-state index in [0.29, 0.717) is 5.56 Å². The molecule has 0 fully saturated rings. The Morgan fingerprint density at radius 2 is 2.12 bits per heavy atom. The Morgan fingerprint density at radius 3 is 2.71 bits per heavy atom. The van der Waals surface area contributed by atoms with E-state index in [-0.39, 0.29) is 16.9 Å². The largest absolute Gasteiger partial charge is 0.309 e. The van der Waals surface area contributed by atoms with E-state index in [4.69, 9.17) is 11.6 Å². The fourth-order valence-electron chi connectivity index (χ4n) is 1.85. The zero-order valence-corrected chi connectivity index (χ0v) is 11.2. The van der Waals surface area contributed by atoms with Gasteiger partial charge in [-0.1, -0.05) is 23.7 Å². The minimum Gasteiger partial charge on any atom is -0.309 e. The Balaban J connectivity index is 2.50. The molecule has 0 aliphatic carbocycles. The Kier molecular flexibility index (Phi) is 3.82. The van der Waals surface area contributed by atoms with Gasteiger partial charge < -0.3 is 5.32 Å². The maximum atomic E-state index is 14.0. The monoisotopic (exact) mass is 269 g/mol. The molecule has 1 nitrogen and oxygen atoms in total. The molecular formula is C13H13ClFNS. The third-order valence-corrected chi connectivity index (χ3v) is 4.12. The summed E-state index contributed by atoms with van der Waals surface area (Å²) >= 11 is 7.44. The van der Waals surface area contributed by atoms with Crippen LogP contribution in [0, 0.1) is 12.7 Å². The van der Waals surface area contributed by atoms with Crippen LogP contribution in [-0.4, -0.2) is 7.05 Å². The van der Waals surface area contributed by atoms with Crippen molar-refractivity contribution in [3.05, 3.63) is 56.5 Å². The number of rotatable bonds is 3. The van der Waals surface area contributed by atoms with Crippen LogP contribution >= 0.6 is 22.9 Å². The molecule has 0 amide bonds. The second-order valence-electron chi connectivity index (χ2n) is 3.83. The summed E-state index contributed by atoms with van der Waals surface area (Å²) in [6.45, 7) is 2.03. The van der Waals surface area contributed by atoms with Crippen LogP contribution in [0.1, 0.15) is 22.0 Å². The molecule has 2 aromatic rings. The minimum atomic E-state index is -0.346. The summed E-state index contributed by atoms with van der Waals surface area (Å²) in [6, 6.07) is 6.99. The number of benzene rings is 1. The SMILES string of the molecule is CNC(c1cccc(Cl)c1F)c1sccc1C. The first-order valence-electron chi connectivity index (χ1n) is 5.30. The highest BCUT2D eigenvalue weighted by Gasteiger charge is 2.20. The molecular weight excluding hydrogens is 257 g/mol. The van der Waals surface area contributed by atoms with Crippen molar-refractivity contribution in [3.8, 4) is 0 Å². The van der Waals surface area contributed by atoms with E-state index >= 15 is 0 Å². The van der Waals surface area contributed by atoms with E-state index in [9.17, 15) is 4.39 Å². The first-order chi connectivity index (χ1) is 8.15. The van der Waals surface area contributed by atoms with Crippen molar-refractivity contribution >= 4 is 22.9 Å². The van der Waals surface area contributed by atoms with E-state index < -0.39 is 0 Å². The van der Waals surface area contributed by atoms with Crippen LogP contribution in [0.4, 0.5) is 4.39 Å². The van der Waals surface area contributed by atoms with Crippen molar-refractivity contribution < 1.29 is 4.39 Å². The van der Waals surface area contributed by atoms with Crippen molar-refractivity contribution in [2.75, 3.05) is 7.05 Å². The lowest BCUT2D eigenvalue weighted by atomic mass is 10.0. The highest BCUT2D eigenvalue weighted by molar-refractivity contribution is 7.10. The summed E-state index contributed by atoms with van der Waals surface area (Å²) in [5, 5.41) is 5.32. The Morgan fingerprint density at radius 1 is 1.35 bits per heavy atom. The van der Waals surface area contributed by atoms with Gasteiger partial charge in [0.25, 0.3) is 0 Å². The molecule has 2 rings (SSSR count). The van der Waals surface area contributed by atoms with E-state index in [1.165, 1.54) is 0 Å². The normalized spacial score (nSPS) is 12.7. The van der Waals surface area contributed by atoms with Crippen molar-refractivity contribution in [1.82, 2.24) is 5.32 Å². The summed E-state index contributed by atoms with van der Waals surface area (Å²) in [5.41, 5.74) is 1.75. The molecule has 1 atom stereocenters. The number of hydrogen-bond donors (Lipinski definition) is 1. The Hall–Kier alpha value is -0.900. The van der Waals surface area contributed by atoms with Gasteiger partial charge in [-0.25, -0.2) is 4.39 Å². The van der Waals surface area contributed by atoms with Gasteiger partial charge in [0.05, 0.1) is 11.1 Å². The topological polar surface area (TPSA) is 12.0 Å². The van der Waals surface area contributed by atoms with Crippen LogP contribution < -0.4 is 5.32 Å². The maximum absolute atomic E-state index is 14.0. The van der Waals surface area contributed by atoms with Crippen LogP contribution in [-0.2, 0) is 0 Å². The lowest BCUT2D eigenvalue weighted by Gasteiger charge is -2.17. The van der Waals surface area contributed by atoms with Crippen LogP contribution in [0.3, 0.4) is 0 Å². The van der Waals surface area contributed by atoms with Gasteiger partial charge in [-0.3, -0.25) is 0 Å². The predicted molar refractivity (Wildman–Crippen MR) is 71.4 cm³/mol. The molecule has 0 aliphatic heterocycles. The second-order valence-corrected chi connectivity index (χ2v) is 5.19. The van der Waals surface area contributed by atoms with Crippen LogP contribution in [0.15, 0.2) is 29.6 Å². The molecule has 1 aromatic carbocycles. The molecule has 90 valence electrons. The summed E-state index contributed by atoms with van der Waals surface area (Å²) in [7, 11) is 1.82. The van der Waals surface area contributed by atoms with E-state index in [2.05, 4.69) is 5.32 Å². The molecule has 1 aromatic heterocycles. The van der Waals surface area contributed by atoms with Gasteiger partial charge >= 0.3 is 0 Å². The van der Waals surface area contributed by atoms with E-state index in [0.717, 1.165) is 10.4 Å². The third kappa shape index (κ3) is 2.37. The van der Waals surface area contributed by atoms with Gasteiger partial charge in [-0.05, 0) is 37.0 Å². The molecule has 0 aliphatic rings. The Labute approximate surface area is 109 Å². The average Bonchev–Trinajstić information content (AvgIpc) is 2.72. The van der Waals surface area contributed by atoms with Crippen molar-refractivity contribution in [3.63, 3.8) is 0 Å². The fraction of sp³-hybridized carbons (Fsp3) is 0.231. The van der Waals surface area contributed by atoms with Crippen molar-refractivity contribution in [1.29, 1.82) is 0 Å². The fourth-order valence-corrected chi connectivity index (χ4v) is 3.09. The zero-order valence-electron chi connectivity index (χ0n) is 9.63. The molecule has 0 bridgehead atoms. The van der Waals surface area contributed by atoms with Crippen LogP contribution in [0.2, 0.25) is 5.02 Å². The Bertz CT molecular complexity index is 524. The summed E-state index contributed by atoms with van der Waals surface area (Å²) < 4.78 is 14.0. The molecule has 0 saturated carbocycles. The smallest absolute Gasteiger partial charge is 0.146 e. The molecule has 0 saturated heterocycles. The minimum absolute atomic E-state index is 0.145. The van der Waals surface area contributed by atoms with Gasteiger partial charge in [0.15, 0.2) is 0 Å². The van der Waals surface area contributed by atoms with Crippen LogP contribution in [0.5, 0.6) is 0 Å². The number of halogens is 2.